The number of nitrogens with zero attached hydrogens (tertiary/aromatic N) is 3. The molecule has 2 aliphatic rings. The van der Waals surface area contributed by atoms with Crippen molar-refractivity contribution in [2.75, 3.05) is 44.4 Å². The molecule has 0 unspecified atom stereocenters. The minimum absolute atomic E-state index is 0.259. The Kier molecular flexibility index (Phi) is 7.91. The summed E-state index contributed by atoms with van der Waals surface area (Å²) < 4.78 is 11.9. The first-order chi connectivity index (χ1) is 16.0. The summed E-state index contributed by atoms with van der Waals surface area (Å²) >= 11 is 0. The largest absolute Gasteiger partial charge is 0.494 e. The zero-order valence-electron chi connectivity index (χ0n) is 20.6. The van der Waals surface area contributed by atoms with E-state index in [1.165, 1.54) is 32.2 Å². The SMILES string of the molecule is CNc1nc(Nc2ccc(OC3CCN(CC4CCC(C)CC4)CC3)cc2OC)ncc1C. The molecule has 2 aromatic rings. The van der Waals surface area contributed by atoms with Gasteiger partial charge in [0.05, 0.1) is 12.8 Å². The van der Waals surface area contributed by atoms with Crippen molar-refractivity contribution < 1.29 is 9.47 Å². The van der Waals surface area contributed by atoms with Gasteiger partial charge in [-0.1, -0.05) is 19.8 Å². The molecule has 1 saturated carbocycles. The van der Waals surface area contributed by atoms with Gasteiger partial charge in [0.1, 0.15) is 23.4 Å². The predicted molar refractivity (Wildman–Crippen MR) is 134 cm³/mol. The summed E-state index contributed by atoms with van der Waals surface area (Å²) in [6.07, 6.45) is 9.84. The zero-order valence-corrected chi connectivity index (χ0v) is 20.6. The average molecular weight is 454 g/mol. The summed E-state index contributed by atoms with van der Waals surface area (Å²) in [5.41, 5.74) is 1.81. The van der Waals surface area contributed by atoms with Crippen LogP contribution < -0.4 is 20.1 Å². The Bertz CT molecular complexity index is 906. The summed E-state index contributed by atoms with van der Waals surface area (Å²) in [7, 11) is 3.52. The van der Waals surface area contributed by atoms with Crippen molar-refractivity contribution in [1.82, 2.24) is 14.9 Å². The molecule has 1 aliphatic heterocycles. The summed E-state index contributed by atoms with van der Waals surface area (Å²) in [4.78, 5) is 11.5. The number of rotatable bonds is 8. The molecule has 0 spiro atoms. The maximum absolute atomic E-state index is 6.33. The molecule has 0 amide bonds. The molecule has 1 aliphatic carbocycles. The van der Waals surface area contributed by atoms with Gasteiger partial charge >= 0.3 is 0 Å². The molecular formula is C26H39N5O2. The van der Waals surface area contributed by atoms with Crippen molar-refractivity contribution in [2.45, 2.75) is 58.5 Å². The third kappa shape index (κ3) is 6.28. The number of methoxy groups -OCH3 is 1. The third-order valence-corrected chi connectivity index (χ3v) is 7.12. The Balaban J connectivity index is 1.30. The van der Waals surface area contributed by atoms with E-state index in [9.17, 15) is 0 Å². The smallest absolute Gasteiger partial charge is 0.229 e. The number of aryl methyl sites for hydroxylation is 1. The minimum Gasteiger partial charge on any atom is -0.494 e. The molecule has 2 N–H and O–H groups in total. The number of hydrogen-bond acceptors (Lipinski definition) is 7. The number of ether oxygens (including phenoxy) is 2. The molecule has 7 heteroatoms. The normalized spacial score (nSPS) is 22.1. The molecule has 0 radical (unpaired) electrons. The minimum atomic E-state index is 0.259. The Morgan fingerprint density at radius 2 is 1.85 bits per heavy atom. The van der Waals surface area contributed by atoms with Crippen LogP contribution in [0.4, 0.5) is 17.5 Å². The van der Waals surface area contributed by atoms with Crippen LogP contribution >= 0.6 is 0 Å². The second-order valence-electron chi connectivity index (χ2n) is 9.71. The standard InChI is InChI=1S/C26H39N5O2/c1-18-5-7-20(8-6-18)17-31-13-11-21(12-14-31)33-22-9-10-23(24(15-22)32-4)29-26-28-16-19(2)25(27-3)30-26/h9-10,15-16,18,20-21H,5-8,11-14,17H2,1-4H3,(H2,27,28,29,30). The van der Waals surface area contributed by atoms with Crippen molar-refractivity contribution in [3.05, 3.63) is 30.0 Å². The van der Waals surface area contributed by atoms with Gasteiger partial charge in [0.2, 0.25) is 5.95 Å². The van der Waals surface area contributed by atoms with Crippen molar-refractivity contribution >= 4 is 17.5 Å². The number of likely N-dealkylation sites (tertiary alicyclic amines) is 1. The van der Waals surface area contributed by atoms with E-state index in [1.807, 2.05) is 32.2 Å². The van der Waals surface area contributed by atoms with Crippen LogP contribution in [0.5, 0.6) is 11.5 Å². The van der Waals surface area contributed by atoms with Crippen LogP contribution in [-0.4, -0.2) is 54.8 Å². The maximum atomic E-state index is 6.33. The Labute approximate surface area is 198 Å². The first-order valence-corrected chi connectivity index (χ1v) is 12.4. The van der Waals surface area contributed by atoms with Crippen LogP contribution in [0.1, 0.15) is 51.0 Å². The molecule has 7 nitrogen and oxygen atoms in total. The van der Waals surface area contributed by atoms with E-state index in [4.69, 9.17) is 9.47 Å². The first kappa shape index (κ1) is 23.6. The van der Waals surface area contributed by atoms with E-state index in [0.717, 1.165) is 60.6 Å². The fourth-order valence-electron chi connectivity index (χ4n) is 5.00. The average Bonchev–Trinajstić information content (AvgIpc) is 2.84. The lowest BCUT2D eigenvalue weighted by Crippen LogP contribution is -2.41. The van der Waals surface area contributed by atoms with Gasteiger partial charge in [-0.3, -0.25) is 0 Å². The highest BCUT2D eigenvalue weighted by Crippen LogP contribution is 2.33. The van der Waals surface area contributed by atoms with Gasteiger partial charge in [0.15, 0.2) is 0 Å². The van der Waals surface area contributed by atoms with E-state index in [1.54, 1.807) is 13.3 Å². The molecule has 2 fully saturated rings. The highest BCUT2D eigenvalue weighted by Gasteiger charge is 2.25. The Hall–Kier alpha value is -2.54. The van der Waals surface area contributed by atoms with Gasteiger partial charge in [-0.25, -0.2) is 4.98 Å². The number of aromatic nitrogens is 2. The molecule has 1 saturated heterocycles. The molecule has 0 bridgehead atoms. The first-order valence-electron chi connectivity index (χ1n) is 12.4. The molecule has 1 aromatic heterocycles. The molecular weight excluding hydrogens is 414 g/mol. The van der Waals surface area contributed by atoms with Crippen LogP contribution in [0.25, 0.3) is 0 Å². The number of anilines is 3. The quantitative estimate of drug-likeness (QED) is 0.566. The van der Waals surface area contributed by atoms with Crippen LogP contribution in [-0.2, 0) is 0 Å². The van der Waals surface area contributed by atoms with Crippen molar-refractivity contribution in [2.24, 2.45) is 11.8 Å². The van der Waals surface area contributed by atoms with Crippen LogP contribution in [0.15, 0.2) is 24.4 Å². The summed E-state index contributed by atoms with van der Waals surface area (Å²) in [5, 5.41) is 6.34. The van der Waals surface area contributed by atoms with Crippen LogP contribution in [0, 0.1) is 18.8 Å². The number of nitrogens with one attached hydrogen (secondary N) is 2. The summed E-state index contributed by atoms with van der Waals surface area (Å²) in [6, 6.07) is 5.91. The molecule has 4 rings (SSSR count). The van der Waals surface area contributed by atoms with E-state index in [-0.39, 0.29) is 6.10 Å². The highest BCUT2D eigenvalue weighted by molar-refractivity contribution is 5.65. The van der Waals surface area contributed by atoms with Gasteiger partial charge < -0.3 is 25.0 Å². The predicted octanol–water partition coefficient (Wildman–Crippen LogP) is 5.25. The van der Waals surface area contributed by atoms with Crippen LogP contribution in [0.2, 0.25) is 0 Å². The number of benzene rings is 1. The van der Waals surface area contributed by atoms with Gasteiger partial charge in [0, 0.05) is 44.5 Å². The topological polar surface area (TPSA) is 71.5 Å². The third-order valence-electron chi connectivity index (χ3n) is 7.12. The van der Waals surface area contributed by atoms with Crippen molar-refractivity contribution in [3.8, 4) is 11.5 Å². The zero-order chi connectivity index (χ0) is 23.2. The lowest BCUT2D eigenvalue weighted by atomic mass is 9.82. The van der Waals surface area contributed by atoms with E-state index in [2.05, 4.69) is 32.4 Å². The van der Waals surface area contributed by atoms with E-state index >= 15 is 0 Å². The highest BCUT2D eigenvalue weighted by atomic mass is 16.5. The molecule has 180 valence electrons. The molecule has 1 aromatic carbocycles. The van der Waals surface area contributed by atoms with Gasteiger partial charge in [-0.15, -0.1) is 0 Å². The summed E-state index contributed by atoms with van der Waals surface area (Å²) in [5.74, 6) is 4.70. The van der Waals surface area contributed by atoms with Crippen LogP contribution in [0.3, 0.4) is 0 Å². The van der Waals surface area contributed by atoms with E-state index < -0.39 is 0 Å². The lowest BCUT2D eigenvalue weighted by Gasteiger charge is -2.36. The lowest BCUT2D eigenvalue weighted by molar-refractivity contribution is 0.0839. The fraction of sp³-hybridized carbons (Fsp3) is 0.615. The Morgan fingerprint density at radius 3 is 2.55 bits per heavy atom. The molecule has 33 heavy (non-hydrogen) atoms. The maximum Gasteiger partial charge on any atom is 0.229 e. The molecule has 2 heterocycles. The number of hydrogen-bond donors (Lipinski definition) is 2. The van der Waals surface area contributed by atoms with Crippen molar-refractivity contribution in [1.29, 1.82) is 0 Å². The van der Waals surface area contributed by atoms with Gasteiger partial charge in [-0.2, -0.15) is 4.98 Å². The van der Waals surface area contributed by atoms with Gasteiger partial charge in [0.25, 0.3) is 0 Å². The summed E-state index contributed by atoms with van der Waals surface area (Å²) in [6.45, 7) is 7.90. The second-order valence-corrected chi connectivity index (χ2v) is 9.71. The van der Waals surface area contributed by atoms with E-state index in [0.29, 0.717) is 11.7 Å². The van der Waals surface area contributed by atoms with Gasteiger partial charge in [-0.05, 0) is 56.6 Å². The monoisotopic (exact) mass is 453 g/mol. The van der Waals surface area contributed by atoms with Crippen molar-refractivity contribution in [3.63, 3.8) is 0 Å². The number of piperidine rings is 1. The fourth-order valence-corrected chi connectivity index (χ4v) is 5.00. The second kappa shape index (κ2) is 11.1. The Morgan fingerprint density at radius 1 is 1.09 bits per heavy atom. The molecule has 0 atom stereocenters.